The fourth-order valence-electron chi connectivity index (χ4n) is 4.22. The third kappa shape index (κ3) is 2.99. The number of hydrogen-bond acceptors (Lipinski definition) is 4. The van der Waals surface area contributed by atoms with Gasteiger partial charge in [0.05, 0.1) is 11.6 Å². The number of amides is 2. The van der Waals surface area contributed by atoms with E-state index >= 15 is 0 Å². The van der Waals surface area contributed by atoms with Crippen LogP contribution in [0.5, 0.6) is 0 Å². The van der Waals surface area contributed by atoms with Crippen LogP contribution < -0.4 is 5.32 Å². The highest BCUT2D eigenvalue weighted by atomic mass is 19.1. The van der Waals surface area contributed by atoms with Crippen LogP contribution in [0.1, 0.15) is 25.3 Å². The molecule has 2 amide bonds. The van der Waals surface area contributed by atoms with Crippen LogP contribution in [-0.4, -0.2) is 45.9 Å². The quantitative estimate of drug-likeness (QED) is 0.813. The van der Waals surface area contributed by atoms with E-state index in [2.05, 4.69) is 11.9 Å². The van der Waals surface area contributed by atoms with Gasteiger partial charge < -0.3 is 20.2 Å². The van der Waals surface area contributed by atoms with Crippen LogP contribution >= 0.6 is 0 Å². The zero-order valence-electron chi connectivity index (χ0n) is 16.0. The van der Waals surface area contributed by atoms with Crippen molar-refractivity contribution in [2.75, 3.05) is 13.1 Å². The van der Waals surface area contributed by atoms with E-state index in [9.17, 15) is 23.5 Å². The molecule has 1 aromatic carbocycles. The zero-order chi connectivity index (χ0) is 20.9. The standard InChI is InChI=1S/C21H21F2N3O3/c1-3-25-10-14-6-7-16-17(11(2)19(27)18(21(25)29)26(14)16)20(28)24-9-12-4-5-13(22)8-15(12)23/h4-5,8,14,27H,2-3,6-7,9-10H2,1H3,(H,24,28)/t14-/m1/s1. The summed E-state index contributed by atoms with van der Waals surface area (Å²) in [6, 6.07) is 3.13. The number of aliphatic hydroxyl groups is 1. The molecule has 2 N–H and O–H groups in total. The van der Waals surface area contributed by atoms with Crippen molar-refractivity contribution < 1.29 is 23.5 Å². The van der Waals surface area contributed by atoms with E-state index in [1.165, 1.54) is 6.07 Å². The first-order valence-corrected chi connectivity index (χ1v) is 9.50. The maximum absolute atomic E-state index is 13.8. The number of likely N-dealkylation sites (N-methyl/N-ethyl adjacent to an activating group) is 1. The lowest BCUT2D eigenvalue weighted by Crippen LogP contribution is -2.53. The predicted molar refractivity (Wildman–Crippen MR) is 101 cm³/mol. The van der Waals surface area contributed by atoms with E-state index in [4.69, 9.17) is 0 Å². The number of hydrogen-bond donors (Lipinski definition) is 2. The SMILES string of the molecule is C=C1C(O)=C2C(=O)N(CC)C[C@H]3CCC(=C1C(=O)NCc1ccc(F)cc1F)N23. The molecule has 0 aliphatic carbocycles. The second-order valence-corrected chi connectivity index (χ2v) is 7.32. The summed E-state index contributed by atoms with van der Waals surface area (Å²) in [5.41, 5.74) is 1.24. The van der Waals surface area contributed by atoms with Crippen molar-refractivity contribution in [3.8, 4) is 0 Å². The molecule has 0 bridgehead atoms. The van der Waals surface area contributed by atoms with Crippen molar-refractivity contribution in [1.82, 2.24) is 15.1 Å². The molecule has 8 heteroatoms. The smallest absolute Gasteiger partial charge is 0.274 e. The van der Waals surface area contributed by atoms with Gasteiger partial charge in [0.2, 0.25) is 0 Å². The van der Waals surface area contributed by atoms with E-state index < -0.39 is 17.5 Å². The van der Waals surface area contributed by atoms with Crippen molar-refractivity contribution in [2.24, 2.45) is 0 Å². The Hall–Kier alpha value is -3.16. The number of allylic oxidation sites excluding steroid dienone is 2. The highest BCUT2D eigenvalue weighted by Crippen LogP contribution is 2.44. The number of nitrogens with zero attached hydrogens (tertiary/aromatic N) is 2. The van der Waals surface area contributed by atoms with Crippen LogP contribution in [0.3, 0.4) is 0 Å². The number of nitrogens with one attached hydrogen (secondary N) is 1. The van der Waals surface area contributed by atoms with E-state index in [-0.39, 0.29) is 46.7 Å². The molecule has 152 valence electrons. The number of aliphatic hydroxyl groups excluding tert-OH is 1. The second-order valence-electron chi connectivity index (χ2n) is 7.32. The minimum absolute atomic E-state index is 0.00903. The molecule has 3 aliphatic rings. The van der Waals surface area contributed by atoms with Crippen LogP contribution in [0.2, 0.25) is 0 Å². The van der Waals surface area contributed by atoms with Gasteiger partial charge in [0.15, 0.2) is 11.5 Å². The Balaban J connectivity index is 1.62. The van der Waals surface area contributed by atoms with Gasteiger partial charge in [-0.25, -0.2) is 8.78 Å². The summed E-state index contributed by atoms with van der Waals surface area (Å²) in [5.74, 6) is -2.56. The summed E-state index contributed by atoms with van der Waals surface area (Å²) in [6.45, 7) is 6.62. The Labute approximate surface area is 166 Å². The molecule has 1 aromatic rings. The molecule has 4 rings (SSSR count). The lowest BCUT2D eigenvalue weighted by Gasteiger charge is -2.42. The number of benzene rings is 1. The summed E-state index contributed by atoms with van der Waals surface area (Å²) in [4.78, 5) is 29.1. The van der Waals surface area contributed by atoms with E-state index in [0.717, 1.165) is 18.6 Å². The number of carbonyl (C=O) groups is 2. The molecule has 0 radical (unpaired) electrons. The Morgan fingerprint density at radius 3 is 2.83 bits per heavy atom. The molecular weight excluding hydrogens is 380 g/mol. The zero-order valence-corrected chi connectivity index (χ0v) is 16.0. The third-order valence-corrected chi connectivity index (χ3v) is 5.70. The molecule has 0 saturated carbocycles. The van der Waals surface area contributed by atoms with Crippen molar-refractivity contribution in [1.29, 1.82) is 0 Å². The van der Waals surface area contributed by atoms with Gasteiger partial charge in [-0.3, -0.25) is 9.59 Å². The molecule has 0 unspecified atom stereocenters. The highest BCUT2D eigenvalue weighted by molar-refractivity contribution is 6.03. The summed E-state index contributed by atoms with van der Waals surface area (Å²) in [7, 11) is 0. The summed E-state index contributed by atoms with van der Waals surface area (Å²) < 4.78 is 26.9. The second kappa shape index (κ2) is 7.02. The van der Waals surface area contributed by atoms with Gasteiger partial charge in [-0.05, 0) is 25.8 Å². The molecule has 3 heterocycles. The van der Waals surface area contributed by atoms with Gasteiger partial charge in [-0.1, -0.05) is 12.6 Å². The van der Waals surface area contributed by atoms with Crippen LogP contribution in [0, 0.1) is 11.6 Å². The molecular formula is C21H21F2N3O3. The van der Waals surface area contributed by atoms with E-state index in [0.29, 0.717) is 25.2 Å². The predicted octanol–water partition coefficient (Wildman–Crippen LogP) is 2.50. The molecule has 2 saturated heterocycles. The van der Waals surface area contributed by atoms with Crippen LogP contribution in [0.15, 0.2) is 53.1 Å². The number of piperazine rings is 1. The first-order chi connectivity index (χ1) is 13.8. The monoisotopic (exact) mass is 401 g/mol. The first kappa shape index (κ1) is 19.2. The Bertz CT molecular complexity index is 999. The topological polar surface area (TPSA) is 72.9 Å². The van der Waals surface area contributed by atoms with Crippen molar-refractivity contribution in [3.63, 3.8) is 0 Å². The third-order valence-electron chi connectivity index (χ3n) is 5.70. The van der Waals surface area contributed by atoms with Crippen LogP contribution in [-0.2, 0) is 16.1 Å². The molecule has 0 aromatic heterocycles. The molecule has 1 atom stereocenters. The van der Waals surface area contributed by atoms with Gasteiger partial charge in [0.1, 0.15) is 11.6 Å². The number of rotatable bonds is 4. The largest absolute Gasteiger partial charge is 0.505 e. The van der Waals surface area contributed by atoms with Crippen LogP contribution in [0.25, 0.3) is 0 Å². The Kier molecular flexibility index (Phi) is 4.64. The van der Waals surface area contributed by atoms with Gasteiger partial charge >= 0.3 is 0 Å². The molecule has 3 aliphatic heterocycles. The van der Waals surface area contributed by atoms with E-state index in [1.807, 2.05) is 6.92 Å². The first-order valence-electron chi connectivity index (χ1n) is 9.50. The van der Waals surface area contributed by atoms with Gasteiger partial charge in [-0.2, -0.15) is 0 Å². The Morgan fingerprint density at radius 2 is 2.14 bits per heavy atom. The minimum Gasteiger partial charge on any atom is -0.505 e. The average Bonchev–Trinajstić information content (AvgIpc) is 3.09. The van der Waals surface area contributed by atoms with Crippen LogP contribution in [0.4, 0.5) is 8.78 Å². The normalized spacial score (nSPS) is 21.1. The summed E-state index contributed by atoms with van der Waals surface area (Å²) in [5, 5.41) is 13.3. The van der Waals surface area contributed by atoms with E-state index in [1.54, 1.807) is 9.80 Å². The minimum atomic E-state index is -0.752. The lowest BCUT2D eigenvalue weighted by atomic mass is 9.95. The molecule has 6 nitrogen and oxygen atoms in total. The van der Waals surface area contributed by atoms with Crippen molar-refractivity contribution in [3.05, 3.63) is 70.3 Å². The molecule has 29 heavy (non-hydrogen) atoms. The lowest BCUT2D eigenvalue weighted by molar-refractivity contribution is -0.132. The summed E-state index contributed by atoms with van der Waals surface area (Å²) >= 11 is 0. The fraction of sp³-hybridized carbons (Fsp3) is 0.333. The molecule has 2 fully saturated rings. The Morgan fingerprint density at radius 1 is 1.38 bits per heavy atom. The van der Waals surface area contributed by atoms with Gasteiger partial charge in [-0.15, -0.1) is 0 Å². The maximum atomic E-state index is 13.8. The van der Waals surface area contributed by atoms with Crippen molar-refractivity contribution >= 4 is 11.8 Å². The molecule has 0 spiro atoms. The average molecular weight is 401 g/mol. The van der Waals surface area contributed by atoms with Crippen molar-refractivity contribution in [2.45, 2.75) is 32.4 Å². The fourth-order valence-corrected chi connectivity index (χ4v) is 4.22. The van der Waals surface area contributed by atoms with Gasteiger partial charge in [0, 0.05) is 42.5 Å². The number of carbonyl (C=O) groups excluding carboxylic acids is 2. The highest BCUT2D eigenvalue weighted by Gasteiger charge is 2.47. The number of halogens is 2. The summed E-state index contributed by atoms with van der Waals surface area (Å²) in [6.07, 6.45) is 1.31. The maximum Gasteiger partial charge on any atom is 0.274 e. The van der Waals surface area contributed by atoms with Gasteiger partial charge in [0.25, 0.3) is 11.8 Å².